The molecule has 0 aromatic heterocycles. The molecule has 2 aliphatic heterocycles. The summed E-state index contributed by atoms with van der Waals surface area (Å²) in [6, 6.07) is 30.3. The van der Waals surface area contributed by atoms with Gasteiger partial charge in [0.15, 0.2) is 0 Å². The van der Waals surface area contributed by atoms with Crippen LogP contribution in [0.4, 0.5) is 0 Å². The van der Waals surface area contributed by atoms with Gasteiger partial charge in [-0.3, -0.25) is 12.2 Å². The van der Waals surface area contributed by atoms with E-state index in [0.29, 0.717) is 11.8 Å². The van der Waals surface area contributed by atoms with Crippen LogP contribution in [-0.2, 0) is 26.2 Å². The summed E-state index contributed by atoms with van der Waals surface area (Å²) in [6.07, 6.45) is 11.2. The van der Waals surface area contributed by atoms with Gasteiger partial charge < -0.3 is 24.8 Å². The maximum atomic E-state index is 3.51. The zero-order valence-corrected chi connectivity index (χ0v) is 27.9. The van der Waals surface area contributed by atoms with E-state index in [9.17, 15) is 0 Å². The predicted molar refractivity (Wildman–Crippen MR) is 154 cm³/mol. The van der Waals surface area contributed by atoms with Gasteiger partial charge in [0.05, 0.1) is 0 Å². The summed E-state index contributed by atoms with van der Waals surface area (Å²) in [7, 11) is 0. The first-order chi connectivity index (χ1) is 16.2. The Labute approximate surface area is 276 Å². The first-order valence-corrected chi connectivity index (χ1v) is 13.8. The summed E-state index contributed by atoms with van der Waals surface area (Å²) in [5.41, 5.74) is 8.18. The molecule has 4 aromatic carbocycles. The number of halogens is 4. The van der Waals surface area contributed by atoms with E-state index in [1.165, 1.54) is 50.3 Å². The van der Waals surface area contributed by atoms with Crippen LogP contribution in [0.5, 0.6) is 0 Å². The molecule has 4 aliphatic rings. The van der Waals surface area contributed by atoms with E-state index in [4.69, 9.17) is 0 Å². The van der Waals surface area contributed by atoms with Gasteiger partial charge >= 0.3 is 26.2 Å². The molecule has 2 unspecified atom stereocenters. The van der Waals surface area contributed by atoms with Crippen LogP contribution < -0.4 is 24.8 Å². The minimum Gasteiger partial charge on any atom is -1.00 e. The van der Waals surface area contributed by atoms with E-state index in [0.717, 1.165) is 0 Å². The van der Waals surface area contributed by atoms with Crippen LogP contribution in [-0.4, -0.2) is 0 Å². The summed E-state index contributed by atoms with van der Waals surface area (Å²) in [6.45, 7) is 0. The molecule has 2 aliphatic carbocycles. The Balaban J connectivity index is 0.000000185. The molecule has 6 heteroatoms. The van der Waals surface area contributed by atoms with Crippen LogP contribution in [0, 0.1) is 19.3 Å². The van der Waals surface area contributed by atoms with Gasteiger partial charge in [-0.2, -0.15) is 11.1 Å². The Morgan fingerprint density at radius 2 is 1.25 bits per heavy atom. The van der Waals surface area contributed by atoms with Crippen LogP contribution in [0.15, 0.2) is 94.7 Å². The molecule has 0 saturated heterocycles. The second-order valence-electron chi connectivity index (χ2n) is 8.19. The zero-order chi connectivity index (χ0) is 22.4. The third kappa shape index (κ3) is 5.79. The standard InChI is InChI=1S/C15H8IS.C15H10I.2ClH.Zr/c16-13-7-8-14-12-6-5-11(15(12)13)9-1-3-10(17-14)4-2-9;16-14-8-4-7-12-9-10-13(15(12)14)11-5-2-1-3-6-11;;;/h1-4,6-8,11H;1-9,13H;2*1H;/q2*-1;;;+4/p-2. The molecule has 0 fully saturated rings. The Morgan fingerprint density at radius 3 is 2.00 bits per heavy atom. The molecule has 8 rings (SSSR count). The van der Waals surface area contributed by atoms with Crippen molar-refractivity contribution in [3.63, 3.8) is 0 Å². The third-order valence-corrected chi connectivity index (χ3v) is 9.20. The van der Waals surface area contributed by atoms with Crippen molar-refractivity contribution in [1.29, 1.82) is 0 Å². The number of benzene rings is 4. The molecular formula is C30H18Cl2I2SZr. The Kier molecular flexibility index (Phi) is 11.0. The van der Waals surface area contributed by atoms with Crippen molar-refractivity contribution in [3.8, 4) is 0 Å². The number of rotatable bonds is 1. The molecular weight excluding hydrogens is 808 g/mol. The number of fused-ring (bicyclic) bond motifs is 3. The fraction of sp³-hybridized carbons (Fsp3) is 0.0667. The van der Waals surface area contributed by atoms with Gasteiger partial charge in [0.1, 0.15) is 0 Å². The zero-order valence-electron chi connectivity index (χ0n) is 18.8. The van der Waals surface area contributed by atoms with Crippen LogP contribution in [0.1, 0.15) is 45.2 Å². The largest absolute Gasteiger partial charge is 4.00 e. The van der Waals surface area contributed by atoms with Crippen molar-refractivity contribution < 1.29 is 51.0 Å². The van der Waals surface area contributed by atoms with Crippen LogP contribution >= 0.6 is 56.9 Å². The van der Waals surface area contributed by atoms with Gasteiger partial charge in [0.25, 0.3) is 0 Å². The van der Waals surface area contributed by atoms with E-state index in [1.807, 2.05) is 11.8 Å². The number of allylic oxidation sites excluding steroid dienone is 2. The van der Waals surface area contributed by atoms with Crippen molar-refractivity contribution in [1.82, 2.24) is 0 Å². The molecule has 0 amide bonds. The van der Waals surface area contributed by atoms with Crippen molar-refractivity contribution in [2.24, 2.45) is 0 Å². The van der Waals surface area contributed by atoms with Crippen LogP contribution in [0.2, 0.25) is 0 Å². The van der Waals surface area contributed by atoms with Crippen LogP contribution in [0.3, 0.4) is 0 Å². The van der Waals surface area contributed by atoms with Crippen molar-refractivity contribution >= 4 is 69.1 Å². The molecule has 0 nitrogen and oxygen atoms in total. The quantitative estimate of drug-likeness (QED) is 0.211. The monoisotopic (exact) mass is 824 g/mol. The molecule has 0 spiro atoms. The average Bonchev–Trinajstić information content (AvgIpc) is 3.50. The summed E-state index contributed by atoms with van der Waals surface area (Å²) >= 11 is 6.69. The number of hydrogen-bond acceptors (Lipinski definition) is 1. The fourth-order valence-electron chi connectivity index (χ4n) is 4.64. The van der Waals surface area contributed by atoms with Gasteiger partial charge in [-0.25, -0.2) is 12.2 Å². The second-order valence-corrected chi connectivity index (χ2v) is 11.6. The smallest absolute Gasteiger partial charge is 1.00 e. The van der Waals surface area contributed by atoms with Gasteiger partial charge in [-0.1, -0.05) is 94.6 Å². The minimum absolute atomic E-state index is 0. The Bertz CT molecular complexity index is 1420. The second kappa shape index (κ2) is 13.1. The first kappa shape index (κ1) is 30.2. The fourth-order valence-corrected chi connectivity index (χ4v) is 7.19. The first-order valence-electron chi connectivity index (χ1n) is 10.8. The van der Waals surface area contributed by atoms with Gasteiger partial charge in [-0.05, 0) is 64.5 Å². The van der Waals surface area contributed by atoms with E-state index >= 15 is 0 Å². The molecule has 2 heterocycles. The molecule has 0 saturated carbocycles. The molecule has 2 atom stereocenters. The number of hydrogen-bond donors (Lipinski definition) is 0. The average molecular weight is 826 g/mol. The third-order valence-electron chi connectivity index (χ3n) is 6.23. The van der Waals surface area contributed by atoms with E-state index in [2.05, 4.69) is 154 Å². The normalized spacial score (nSPS) is 16.7. The maximum absolute atomic E-state index is 3.51. The molecule has 4 aromatic rings. The van der Waals surface area contributed by atoms with Crippen molar-refractivity contribution in [3.05, 3.63) is 138 Å². The van der Waals surface area contributed by atoms with E-state index < -0.39 is 0 Å². The minimum atomic E-state index is 0. The van der Waals surface area contributed by atoms with Gasteiger partial charge in [-0.15, -0.1) is 29.0 Å². The molecule has 6 bridgehead atoms. The van der Waals surface area contributed by atoms with Gasteiger partial charge in [0.2, 0.25) is 0 Å². The van der Waals surface area contributed by atoms with Gasteiger partial charge in [0, 0.05) is 4.90 Å². The molecule has 176 valence electrons. The van der Waals surface area contributed by atoms with Crippen molar-refractivity contribution in [2.75, 3.05) is 0 Å². The predicted octanol–water partition coefficient (Wildman–Crippen LogP) is 2.98. The van der Waals surface area contributed by atoms with Crippen molar-refractivity contribution in [2.45, 2.75) is 21.6 Å². The topological polar surface area (TPSA) is 0 Å². The molecule has 0 radical (unpaired) electrons. The summed E-state index contributed by atoms with van der Waals surface area (Å²) in [5, 5.41) is 0. The SMILES string of the molecule is Ic1ccc2c3c1C([C-]=C3)c1ccc(cc1)S2.Ic1cccc2c1C(c1ccccc1)[C-]=C2.[Cl-].[Cl-].[Zr+4]. The summed E-state index contributed by atoms with van der Waals surface area (Å²) < 4.78 is 2.67. The summed E-state index contributed by atoms with van der Waals surface area (Å²) in [5.74, 6) is 0.633. The molecule has 0 N–H and O–H groups in total. The molecule has 36 heavy (non-hydrogen) atoms. The van der Waals surface area contributed by atoms with E-state index in [1.54, 1.807) is 0 Å². The van der Waals surface area contributed by atoms with Crippen LogP contribution in [0.25, 0.3) is 12.2 Å². The Hall–Kier alpha value is -0.367. The summed E-state index contributed by atoms with van der Waals surface area (Å²) in [4.78, 5) is 2.67. The maximum Gasteiger partial charge on any atom is 4.00 e. The Morgan fingerprint density at radius 1 is 0.611 bits per heavy atom. The van der Waals surface area contributed by atoms with E-state index in [-0.39, 0.29) is 51.0 Å².